The van der Waals surface area contributed by atoms with E-state index in [-0.39, 0.29) is 11.3 Å². The number of imide groups is 1. The molecule has 1 saturated heterocycles. The normalized spacial score (nSPS) is 27.6. The second-order valence-electron chi connectivity index (χ2n) is 2.12. The van der Waals surface area contributed by atoms with Gasteiger partial charge >= 0.3 is 6.03 Å². The molecule has 1 fully saturated rings. The Morgan fingerprint density at radius 1 is 1.60 bits per heavy atom. The highest BCUT2D eigenvalue weighted by Gasteiger charge is 2.32. The number of alkyl halides is 1. The molecule has 0 aliphatic carbocycles. The van der Waals surface area contributed by atoms with Crippen LogP contribution in [-0.4, -0.2) is 23.4 Å². The Bertz CT molecular complexity index is 180. The fourth-order valence-corrected chi connectivity index (χ4v) is 0.933. The van der Waals surface area contributed by atoms with Crippen molar-refractivity contribution in [2.75, 3.05) is 0 Å². The Kier molecular flexibility index (Phi) is 1.80. The molecule has 3 amide bonds. The maximum absolute atomic E-state index is 10.7. The molecule has 0 spiro atoms. The van der Waals surface area contributed by atoms with Crippen molar-refractivity contribution in [2.24, 2.45) is 0 Å². The van der Waals surface area contributed by atoms with Crippen molar-refractivity contribution in [2.45, 2.75) is 18.3 Å². The summed E-state index contributed by atoms with van der Waals surface area (Å²) in [5, 5.41) is 4.08. The van der Waals surface area contributed by atoms with Gasteiger partial charge in [0.15, 0.2) is 0 Å². The summed E-state index contributed by atoms with van der Waals surface area (Å²) < 4.78 is 0. The van der Waals surface area contributed by atoms with Crippen molar-refractivity contribution in [1.82, 2.24) is 10.6 Å². The van der Waals surface area contributed by atoms with Crippen LogP contribution in [0.1, 0.15) is 6.92 Å². The predicted molar refractivity (Wildman–Crippen MR) is 35.8 cm³/mol. The van der Waals surface area contributed by atoms with Crippen molar-refractivity contribution in [3.63, 3.8) is 0 Å². The Hall–Kier alpha value is -0.770. The van der Waals surface area contributed by atoms with E-state index in [0.29, 0.717) is 0 Å². The number of carbonyl (C=O) groups excluding carboxylic acids is 2. The van der Waals surface area contributed by atoms with Crippen molar-refractivity contribution < 1.29 is 9.59 Å². The second kappa shape index (κ2) is 2.46. The molecule has 5 heteroatoms. The Labute approximate surface area is 62.9 Å². The van der Waals surface area contributed by atoms with Crippen molar-refractivity contribution in [1.29, 1.82) is 0 Å². The van der Waals surface area contributed by atoms with Crippen molar-refractivity contribution in [3.05, 3.63) is 0 Å². The van der Waals surface area contributed by atoms with E-state index >= 15 is 0 Å². The van der Waals surface area contributed by atoms with Crippen LogP contribution in [0.25, 0.3) is 0 Å². The molecule has 10 heavy (non-hydrogen) atoms. The molecule has 4 nitrogen and oxygen atoms in total. The first-order valence-electron chi connectivity index (χ1n) is 2.86. The lowest BCUT2D eigenvalue weighted by atomic mass is 10.2. The number of urea groups is 1. The van der Waals surface area contributed by atoms with Crippen LogP contribution in [0.3, 0.4) is 0 Å². The molecule has 0 bridgehead atoms. The third kappa shape index (κ3) is 1.21. The van der Waals surface area contributed by atoms with E-state index < -0.39 is 12.1 Å². The Morgan fingerprint density at radius 2 is 2.20 bits per heavy atom. The lowest BCUT2D eigenvalue weighted by molar-refractivity contribution is -0.120. The molecule has 0 aromatic carbocycles. The number of carbonyl (C=O) groups is 2. The van der Waals surface area contributed by atoms with E-state index in [0.717, 1.165) is 0 Å². The van der Waals surface area contributed by atoms with Gasteiger partial charge in [0.25, 0.3) is 5.91 Å². The maximum Gasteiger partial charge on any atom is 0.322 e. The molecule has 2 unspecified atom stereocenters. The van der Waals surface area contributed by atoms with Gasteiger partial charge in [-0.3, -0.25) is 10.1 Å². The van der Waals surface area contributed by atoms with E-state index in [1.807, 2.05) is 0 Å². The summed E-state index contributed by atoms with van der Waals surface area (Å²) in [5.41, 5.74) is 0. The Morgan fingerprint density at radius 3 is 2.40 bits per heavy atom. The minimum atomic E-state index is -0.575. The van der Waals surface area contributed by atoms with Crippen LogP contribution in [0.5, 0.6) is 0 Å². The molecule has 2 atom stereocenters. The average molecular weight is 163 g/mol. The van der Waals surface area contributed by atoms with E-state index in [4.69, 9.17) is 11.6 Å². The summed E-state index contributed by atoms with van der Waals surface area (Å²) in [7, 11) is 0. The summed E-state index contributed by atoms with van der Waals surface area (Å²) >= 11 is 5.57. The third-order valence-electron chi connectivity index (χ3n) is 1.27. The topological polar surface area (TPSA) is 58.2 Å². The summed E-state index contributed by atoms with van der Waals surface area (Å²) in [4.78, 5) is 21.2. The molecular formula is C5H7ClN2O2. The molecule has 1 aliphatic heterocycles. The molecule has 56 valence electrons. The molecule has 0 aromatic heterocycles. The van der Waals surface area contributed by atoms with Crippen LogP contribution in [0, 0.1) is 0 Å². The average Bonchev–Trinajstić information content (AvgIpc) is 2.10. The van der Waals surface area contributed by atoms with Crippen LogP contribution in [-0.2, 0) is 4.79 Å². The molecule has 1 aliphatic rings. The van der Waals surface area contributed by atoms with Crippen LogP contribution < -0.4 is 10.6 Å². The van der Waals surface area contributed by atoms with Gasteiger partial charge in [-0.05, 0) is 6.92 Å². The Balaban J connectivity index is 2.63. The van der Waals surface area contributed by atoms with Gasteiger partial charge in [0.1, 0.15) is 6.04 Å². The minimum Gasteiger partial charge on any atom is -0.324 e. The van der Waals surface area contributed by atoms with Gasteiger partial charge in [-0.25, -0.2) is 4.79 Å². The number of hydrogen-bond acceptors (Lipinski definition) is 2. The highest BCUT2D eigenvalue weighted by atomic mass is 35.5. The minimum absolute atomic E-state index is 0.354. The van der Waals surface area contributed by atoms with Crippen LogP contribution in [0.4, 0.5) is 4.79 Å². The van der Waals surface area contributed by atoms with Gasteiger partial charge in [-0.1, -0.05) is 0 Å². The van der Waals surface area contributed by atoms with E-state index in [1.165, 1.54) is 0 Å². The largest absolute Gasteiger partial charge is 0.324 e. The first-order chi connectivity index (χ1) is 4.61. The summed E-state index contributed by atoms with van der Waals surface area (Å²) in [6, 6.07) is -1.04. The molecule has 1 rings (SSSR count). The van der Waals surface area contributed by atoms with Gasteiger partial charge in [-0.15, -0.1) is 11.6 Å². The van der Waals surface area contributed by atoms with Gasteiger partial charge in [-0.2, -0.15) is 0 Å². The van der Waals surface area contributed by atoms with Gasteiger partial charge in [0, 0.05) is 0 Å². The maximum atomic E-state index is 10.7. The second-order valence-corrected chi connectivity index (χ2v) is 2.81. The van der Waals surface area contributed by atoms with Gasteiger partial charge in [0.2, 0.25) is 0 Å². The molecule has 0 radical (unpaired) electrons. The lowest BCUT2D eigenvalue weighted by Gasteiger charge is -2.07. The summed E-state index contributed by atoms with van der Waals surface area (Å²) in [6.45, 7) is 1.65. The van der Waals surface area contributed by atoms with Gasteiger partial charge < -0.3 is 5.32 Å². The zero-order valence-electron chi connectivity index (χ0n) is 5.35. The van der Waals surface area contributed by atoms with E-state index in [1.54, 1.807) is 6.92 Å². The number of rotatable bonds is 1. The SMILES string of the molecule is CC(Cl)C1NC(=O)NC1=O. The number of amides is 3. The highest BCUT2D eigenvalue weighted by molar-refractivity contribution is 6.23. The first kappa shape index (κ1) is 7.34. The van der Waals surface area contributed by atoms with Crippen LogP contribution >= 0.6 is 11.6 Å². The lowest BCUT2D eigenvalue weighted by Crippen LogP contribution is -2.35. The highest BCUT2D eigenvalue weighted by Crippen LogP contribution is 2.04. The quantitative estimate of drug-likeness (QED) is 0.415. The fraction of sp³-hybridized carbons (Fsp3) is 0.600. The molecule has 0 aromatic rings. The number of halogens is 1. The predicted octanol–water partition coefficient (Wildman–Crippen LogP) is -0.178. The van der Waals surface area contributed by atoms with E-state index in [9.17, 15) is 9.59 Å². The molecular weight excluding hydrogens is 156 g/mol. The fourth-order valence-electron chi connectivity index (χ4n) is 0.756. The van der Waals surface area contributed by atoms with Gasteiger partial charge in [0.05, 0.1) is 5.38 Å². The van der Waals surface area contributed by atoms with E-state index in [2.05, 4.69) is 10.6 Å². The smallest absolute Gasteiger partial charge is 0.322 e. The monoisotopic (exact) mass is 162 g/mol. The zero-order valence-corrected chi connectivity index (χ0v) is 6.11. The standard InChI is InChI=1S/C5H7ClN2O2/c1-2(6)3-4(9)8-5(10)7-3/h2-3H,1H3,(H2,7,8,9,10). The first-order valence-corrected chi connectivity index (χ1v) is 3.30. The molecule has 0 saturated carbocycles. The van der Waals surface area contributed by atoms with Crippen molar-refractivity contribution in [3.8, 4) is 0 Å². The third-order valence-corrected chi connectivity index (χ3v) is 1.52. The number of nitrogens with one attached hydrogen (secondary N) is 2. The summed E-state index contributed by atoms with van der Waals surface area (Å²) in [5.74, 6) is -0.354. The molecule has 2 N–H and O–H groups in total. The van der Waals surface area contributed by atoms with Crippen LogP contribution in [0.2, 0.25) is 0 Å². The summed E-state index contributed by atoms with van der Waals surface area (Å²) in [6.07, 6.45) is 0. The zero-order chi connectivity index (χ0) is 7.72. The van der Waals surface area contributed by atoms with Crippen molar-refractivity contribution >= 4 is 23.5 Å². The van der Waals surface area contributed by atoms with Crippen LogP contribution in [0.15, 0.2) is 0 Å². The number of hydrogen-bond donors (Lipinski definition) is 2. The molecule has 1 heterocycles.